The molecule has 0 fully saturated rings. The van der Waals surface area contributed by atoms with Gasteiger partial charge in [-0.15, -0.1) is 0 Å². The first-order valence-electron chi connectivity index (χ1n) is 9.36. The third-order valence-electron chi connectivity index (χ3n) is 3.90. The van der Waals surface area contributed by atoms with E-state index in [1.807, 2.05) is 43.3 Å². The van der Waals surface area contributed by atoms with Crippen LogP contribution < -0.4 is 9.47 Å². The number of benzene rings is 2. The summed E-state index contributed by atoms with van der Waals surface area (Å²) in [6.07, 6.45) is 1.67. The number of hydrogen-bond acceptors (Lipinski definition) is 5. The minimum absolute atomic E-state index is 0.376. The number of nitrogens with zero attached hydrogens (tertiary/aromatic N) is 3. The SMILES string of the molecule is CCOc1cc(/C=N\n2c(-c3ccccc3)n[nH]c2=S)cc(Cl)c1OCC(C)C. The summed E-state index contributed by atoms with van der Waals surface area (Å²) in [6.45, 7) is 7.12. The summed E-state index contributed by atoms with van der Waals surface area (Å²) < 4.78 is 13.5. The Kier molecular flexibility index (Phi) is 7.06. The molecule has 0 aliphatic carbocycles. The zero-order valence-electron chi connectivity index (χ0n) is 16.6. The van der Waals surface area contributed by atoms with Gasteiger partial charge in [-0.25, -0.2) is 5.10 Å². The number of aromatic nitrogens is 3. The van der Waals surface area contributed by atoms with Crippen LogP contribution in [-0.2, 0) is 0 Å². The molecule has 1 aromatic heterocycles. The lowest BCUT2D eigenvalue weighted by Crippen LogP contribution is -2.07. The Morgan fingerprint density at radius 3 is 2.69 bits per heavy atom. The molecule has 0 aliphatic heterocycles. The van der Waals surface area contributed by atoms with Crippen LogP contribution in [0.25, 0.3) is 11.4 Å². The Morgan fingerprint density at radius 2 is 2.00 bits per heavy atom. The Morgan fingerprint density at radius 1 is 1.24 bits per heavy atom. The molecule has 1 N–H and O–H groups in total. The van der Waals surface area contributed by atoms with Crippen LogP contribution in [0.1, 0.15) is 26.3 Å². The molecule has 0 amide bonds. The van der Waals surface area contributed by atoms with Gasteiger partial charge in [0.2, 0.25) is 4.77 Å². The van der Waals surface area contributed by atoms with Gasteiger partial charge in [0.1, 0.15) is 0 Å². The summed E-state index contributed by atoms with van der Waals surface area (Å²) in [7, 11) is 0. The normalized spacial score (nSPS) is 11.3. The van der Waals surface area contributed by atoms with Crippen molar-refractivity contribution in [3.8, 4) is 22.9 Å². The van der Waals surface area contributed by atoms with Gasteiger partial charge >= 0.3 is 0 Å². The lowest BCUT2D eigenvalue weighted by atomic mass is 10.2. The molecular formula is C21H23ClN4O2S. The molecule has 0 saturated carbocycles. The standard InChI is InChI=1S/C21H23ClN4O2S/c1-4-27-18-11-15(10-17(22)19(18)28-13-14(2)3)12-23-26-20(24-25-21(26)29)16-8-6-5-7-9-16/h5-12,14H,4,13H2,1-3H3,(H,25,29)/b23-12-. The first kappa shape index (κ1) is 21.1. The molecule has 0 spiro atoms. The van der Waals surface area contributed by atoms with Gasteiger partial charge in [-0.1, -0.05) is 55.8 Å². The molecule has 3 aromatic rings. The van der Waals surface area contributed by atoms with Crippen molar-refractivity contribution in [2.75, 3.05) is 13.2 Å². The van der Waals surface area contributed by atoms with Crippen LogP contribution in [0.15, 0.2) is 47.6 Å². The molecule has 0 atom stereocenters. The third kappa shape index (κ3) is 5.25. The summed E-state index contributed by atoms with van der Waals surface area (Å²) in [5.74, 6) is 2.13. The van der Waals surface area contributed by atoms with E-state index in [1.165, 1.54) is 0 Å². The maximum Gasteiger partial charge on any atom is 0.216 e. The lowest BCUT2D eigenvalue weighted by Gasteiger charge is -2.15. The number of ether oxygens (including phenoxy) is 2. The zero-order valence-corrected chi connectivity index (χ0v) is 18.1. The predicted octanol–water partition coefficient (Wildman–Crippen LogP) is 5.58. The van der Waals surface area contributed by atoms with Gasteiger partial charge in [-0.05, 0) is 42.8 Å². The van der Waals surface area contributed by atoms with E-state index >= 15 is 0 Å². The number of aromatic amines is 1. The highest BCUT2D eigenvalue weighted by molar-refractivity contribution is 7.71. The second kappa shape index (κ2) is 9.71. The van der Waals surface area contributed by atoms with E-state index in [-0.39, 0.29) is 0 Å². The van der Waals surface area contributed by atoms with Crippen LogP contribution in [0.3, 0.4) is 0 Å². The highest BCUT2D eigenvalue weighted by Gasteiger charge is 2.13. The number of H-pyrrole nitrogens is 1. The Hall–Kier alpha value is -2.64. The van der Waals surface area contributed by atoms with Crippen LogP contribution in [0, 0.1) is 10.7 Å². The highest BCUT2D eigenvalue weighted by atomic mass is 35.5. The van der Waals surface area contributed by atoms with E-state index in [4.69, 9.17) is 33.3 Å². The van der Waals surface area contributed by atoms with Gasteiger partial charge in [0.15, 0.2) is 17.3 Å². The second-order valence-electron chi connectivity index (χ2n) is 6.74. The Balaban J connectivity index is 1.94. The fourth-order valence-corrected chi connectivity index (χ4v) is 3.07. The number of hydrogen-bond donors (Lipinski definition) is 1. The minimum atomic E-state index is 0.376. The van der Waals surface area contributed by atoms with Crippen molar-refractivity contribution in [3.63, 3.8) is 0 Å². The first-order valence-corrected chi connectivity index (χ1v) is 10.1. The van der Waals surface area contributed by atoms with E-state index in [2.05, 4.69) is 29.1 Å². The van der Waals surface area contributed by atoms with Gasteiger partial charge in [0.25, 0.3) is 0 Å². The predicted molar refractivity (Wildman–Crippen MR) is 119 cm³/mol. The van der Waals surface area contributed by atoms with Gasteiger partial charge in [0, 0.05) is 5.56 Å². The monoisotopic (exact) mass is 430 g/mol. The summed E-state index contributed by atoms with van der Waals surface area (Å²) in [6, 6.07) is 13.3. The van der Waals surface area contributed by atoms with Crippen molar-refractivity contribution in [1.29, 1.82) is 0 Å². The molecule has 2 aromatic carbocycles. The molecule has 3 rings (SSSR count). The fourth-order valence-electron chi connectivity index (χ4n) is 2.61. The molecule has 0 unspecified atom stereocenters. The summed E-state index contributed by atoms with van der Waals surface area (Å²) in [5.41, 5.74) is 1.67. The highest BCUT2D eigenvalue weighted by Crippen LogP contribution is 2.36. The van der Waals surface area contributed by atoms with Gasteiger partial charge in [-0.3, -0.25) is 0 Å². The smallest absolute Gasteiger partial charge is 0.216 e. The molecule has 6 nitrogen and oxygen atoms in total. The van der Waals surface area contributed by atoms with Crippen molar-refractivity contribution in [3.05, 3.63) is 57.8 Å². The van der Waals surface area contributed by atoms with Gasteiger partial charge < -0.3 is 9.47 Å². The molecule has 0 saturated heterocycles. The molecule has 0 aliphatic rings. The summed E-state index contributed by atoms with van der Waals surface area (Å²) in [4.78, 5) is 0. The van der Waals surface area contributed by atoms with Crippen molar-refractivity contribution in [2.45, 2.75) is 20.8 Å². The topological polar surface area (TPSA) is 64.4 Å². The van der Waals surface area contributed by atoms with Crippen molar-refractivity contribution in [2.24, 2.45) is 11.0 Å². The van der Waals surface area contributed by atoms with Gasteiger partial charge in [0.05, 0.1) is 24.5 Å². The second-order valence-corrected chi connectivity index (χ2v) is 7.54. The number of rotatable bonds is 8. The molecule has 8 heteroatoms. The molecule has 0 bridgehead atoms. The van der Waals surface area contributed by atoms with Crippen LogP contribution in [0.5, 0.6) is 11.5 Å². The maximum atomic E-state index is 6.46. The zero-order chi connectivity index (χ0) is 20.8. The largest absolute Gasteiger partial charge is 0.490 e. The number of halogens is 1. The average Bonchev–Trinajstić information content (AvgIpc) is 3.07. The van der Waals surface area contributed by atoms with E-state index in [9.17, 15) is 0 Å². The third-order valence-corrected chi connectivity index (χ3v) is 4.44. The van der Waals surface area contributed by atoms with Crippen LogP contribution in [0.2, 0.25) is 5.02 Å². The quantitative estimate of drug-likeness (QED) is 0.374. The fraction of sp³-hybridized carbons (Fsp3) is 0.286. The molecule has 0 radical (unpaired) electrons. The van der Waals surface area contributed by atoms with Crippen molar-refractivity contribution < 1.29 is 9.47 Å². The lowest BCUT2D eigenvalue weighted by molar-refractivity contribution is 0.248. The minimum Gasteiger partial charge on any atom is -0.490 e. The Bertz CT molecular complexity index is 1040. The molecule has 1 heterocycles. The molecular weight excluding hydrogens is 408 g/mol. The maximum absolute atomic E-state index is 6.46. The number of nitrogens with one attached hydrogen (secondary N) is 1. The van der Waals surface area contributed by atoms with E-state index in [0.29, 0.717) is 46.2 Å². The van der Waals surface area contributed by atoms with E-state index in [0.717, 1.165) is 11.1 Å². The summed E-state index contributed by atoms with van der Waals surface area (Å²) in [5, 5.41) is 12.0. The van der Waals surface area contributed by atoms with Crippen LogP contribution in [-0.4, -0.2) is 34.3 Å². The Labute approximate surface area is 180 Å². The van der Waals surface area contributed by atoms with Crippen LogP contribution >= 0.6 is 23.8 Å². The average molecular weight is 431 g/mol. The van der Waals surface area contributed by atoms with Crippen molar-refractivity contribution in [1.82, 2.24) is 14.9 Å². The first-order chi connectivity index (χ1) is 14.0. The van der Waals surface area contributed by atoms with Crippen LogP contribution in [0.4, 0.5) is 0 Å². The van der Waals surface area contributed by atoms with Gasteiger partial charge in [-0.2, -0.15) is 14.9 Å². The van der Waals surface area contributed by atoms with Crippen molar-refractivity contribution >= 4 is 30.0 Å². The van der Waals surface area contributed by atoms with E-state index in [1.54, 1.807) is 17.0 Å². The van der Waals surface area contributed by atoms with E-state index < -0.39 is 0 Å². The molecule has 29 heavy (non-hydrogen) atoms. The summed E-state index contributed by atoms with van der Waals surface area (Å²) >= 11 is 11.8. The molecule has 152 valence electrons.